The number of hydrogen-bond donors (Lipinski definition) is 0. The summed E-state index contributed by atoms with van der Waals surface area (Å²) in [5.74, 6) is 0. The Balaban J connectivity index is 2.21. The summed E-state index contributed by atoms with van der Waals surface area (Å²) in [6.45, 7) is 6.47. The van der Waals surface area contributed by atoms with Crippen LogP contribution in [0.3, 0.4) is 0 Å². The van der Waals surface area contributed by atoms with Crippen molar-refractivity contribution in [3.63, 3.8) is 0 Å². The van der Waals surface area contributed by atoms with Crippen molar-refractivity contribution >= 4 is 6.21 Å². The summed E-state index contributed by atoms with van der Waals surface area (Å²) in [7, 11) is 1.91. The average Bonchev–Trinajstić information content (AvgIpc) is 2.66. The highest BCUT2D eigenvalue weighted by Gasteiger charge is 2.22. The fourth-order valence-corrected chi connectivity index (χ4v) is 2.72. The number of rotatable bonds is 2. The molecular weight excluding hydrogens is 236 g/mol. The molecule has 19 heavy (non-hydrogen) atoms. The summed E-state index contributed by atoms with van der Waals surface area (Å²) in [4.78, 5) is 0. The average molecular weight is 258 g/mol. The van der Waals surface area contributed by atoms with Crippen molar-refractivity contribution in [3.8, 4) is 6.07 Å². The zero-order chi connectivity index (χ0) is 14.0. The molecule has 4 heteroatoms. The lowest BCUT2D eigenvalue weighted by molar-refractivity contribution is 0.109. The van der Waals surface area contributed by atoms with Crippen molar-refractivity contribution in [1.29, 1.82) is 5.26 Å². The molecule has 2 heterocycles. The van der Waals surface area contributed by atoms with E-state index in [1.165, 1.54) is 19.3 Å². The van der Waals surface area contributed by atoms with E-state index in [1.54, 1.807) is 0 Å². The van der Waals surface area contributed by atoms with Gasteiger partial charge in [-0.15, -0.1) is 0 Å². The molecule has 0 bridgehead atoms. The van der Waals surface area contributed by atoms with E-state index in [4.69, 9.17) is 5.26 Å². The van der Waals surface area contributed by atoms with Crippen molar-refractivity contribution < 1.29 is 0 Å². The second-order valence-electron chi connectivity index (χ2n) is 5.49. The predicted octanol–water partition coefficient (Wildman–Crippen LogP) is 2.80. The first-order valence-corrected chi connectivity index (χ1v) is 6.93. The topological polar surface area (TPSA) is 44.3 Å². The van der Waals surface area contributed by atoms with Crippen LogP contribution in [0.5, 0.6) is 0 Å². The molecule has 0 amide bonds. The van der Waals surface area contributed by atoms with Gasteiger partial charge in [0.2, 0.25) is 0 Å². The second-order valence-corrected chi connectivity index (χ2v) is 5.49. The van der Waals surface area contributed by atoms with Crippen molar-refractivity contribution in [1.82, 2.24) is 9.58 Å². The fraction of sp³-hybridized carbons (Fsp3) is 0.600. The largest absolute Gasteiger partial charge is 0.339 e. The molecule has 0 aliphatic carbocycles. The van der Waals surface area contributed by atoms with Gasteiger partial charge in [-0.2, -0.15) is 10.4 Å². The van der Waals surface area contributed by atoms with Crippen LogP contribution in [0.2, 0.25) is 0 Å². The number of hydrazone groups is 1. The SMILES string of the molecule is Cc1c(/C=N\N2[C@@H](C)CCC[C@@H]2C)cc(C#N)n1C. The van der Waals surface area contributed by atoms with Crippen LogP contribution in [0.4, 0.5) is 0 Å². The Labute approximate surface area is 115 Å². The summed E-state index contributed by atoms with van der Waals surface area (Å²) in [5, 5.41) is 15.9. The summed E-state index contributed by atoms with van der Waals surface area (Å²) in [6.07, 6.45) is 5.60. The molecule has 2 atom stereocenters. The smallest absolute Gasteiger partial charge is 0.120 e. The monoisotopic (exact) mass is 258 g/mol. The van der Waals surface area contributed by atoms with Gasteiger partial charge < -0.3 is 4.57 Å². The molecule has 0 radical (unpaired) electrons. The van der Waals surface area contributed by atoms with Crippen LogP contribution in [0, 0.1) is 18.3 Å². The molecule has 1 aliphatic rings. The molecule has 1 aromatic rings. The van der Waals surface area contributed by atoms with Crippen LogP contribution in [-0.2, 0) is 7.05 Å². The maximum atomic E-state index is 9.03. The molecule has 0 aromatic carbocycles. The van der Waals surface area contributed by atoms with Crippen molar-refractivity contribution in [2.45, 2.75) is 52.1 Å². The zero-order valence-electron chi connectivity index (χ0n) is 12.2. The van der Waals surface area contributed by atoms with E-state index in [2.05, 4.69) is 30.0 Å². The van der Waals surface area contributed by atoms with Gasteiger partial charge in [-0.05, 0) is 46.1 Å². The third-order valence-electron chi connectivity index (χ3n) is 4.17. The van der Waals surface area contributed by atoms with Gasteiger partial charge in [0.25, 0.3) is 0 Å². The molecule has 102 valence electrons. The van der Waals surface area contributed by atoms with Gasteiger partial charge >= 0.3 is 0 Å². The Morgan fingerprint density at radius 2 is 2.00 bits per heavy atom. The van der Waals surface area contributed by atoms with Crippen LogP contribution in [0.25, 0.3) is 0 Å². The number of hydrogen-bond acceptors (Lipinski definition) is 3. The van der Waals surface area contributed by atoms with E-state index in [0.717, 1.165) is 11.3 Å². The Hall–Kier alpha value is -1.76. The minimum absolute atomic E-state index is 0.499. The first-order chi connectivity index (χ1) is 9.04. The summed E-state index contributed by atoms with van der Waals surface area (Å²) >= 11 is 0. The highest BCUT2D eigenvalue weighted by atomic mass is 15.5. The molecule has 2 rings (SSSR count). The Morgan fingerprint density at radius 1 is 1.37 bits per heavy atom. The lowest BCUT2D eigenvalue weighted by atomic mass is 10.00. The zero-order valence-corrected chi connectivity index (χ0v) is 12.2. The fourth-order valence-electron chi connectivity index (χ4n) is 2.72. The maximum absolute atomic E-state index is 9.03. The van der Waals surface area contributed by atoms with Crippen molar-refractivity contribution in [3.05, 3.63) is 23.0 Å². The summed E-state index contributed by atoms with van der Waals surface area (Å²) < 4.78 is 1.91. The Bertz CT molecular complexity index is 511. The Morgan fingerprint density at radius 3 is 2.53 bits per heavy atom. The molecule has 1 saturated heterocycles. The highest BCUT2D eigenvalue weighted by molar-refractivity contribution is 5.82. The van der Waals surface area contributed by atoms with E-state index in [1.807, 2.05) is 30.8 Å². The van der Waals surface area contributed by atoms with Crippen LogP contribution in [0.1, 0.15) is 50.1 Å². The van der Waals surface area contributed by atoms with E-state index >= 15 is 0 Å². The lowest BCUT2D eigenvalue weighted by Gasteiger charge is -2.36. The Kier molecular flexibility index (Phi) is 3.94. The summed E-state index contributed by atoms with van der Waals surface area (Å²) in [5.41, 5.74) is 2.79. The molecule has 1 fully saturated rings. The standard InChI is InChI=1S/C15H22N4/c1-11-6-5-7-12(2)19(11)17-10-14-8-15(9-16)18(4)13(14)3/h8,10-12H,5-7H2,1-4H3/b17-10-/t11-,12-/m0/s1. The van der Waals surface area contributed by atoms with Crippen LogP contribution in [-0.4, -0.2) is 27.9 Å². The van der Waals surface area contributed by atoms with Crippen LogP contribution < -0.4 is 0 Å². The first-order valence-electron chi connectivity index (χ1n) is 6.93. The van der Waals surface area contributed by atoms with E-state index in [-0.39, 0.29) is 0 Å². The number of aromatic nitrogens is 1. The minimum atomic E-state index is 0.499. The molecular formula is C15H22N4. The van der Waals surface area contributed by atoms with Gasteiger partial charge in [0.15, 0.2) is 0 Å². The maximum Gasteiger partial charge on any atom is 0.120 e. The minimum Gasteiger partial charge on any atom is -0.339 e. The quantitative estimate of drug-likeness (QED) is 0.766. The summed E-state index contributed by atoms with van der Waals surface area (Å²) in [6, 6.07) is 5.10. The van der Waals surface area contributed by atoms with E-state index in [9.17, 15) is 0 Å². The van der Waals surface area contributed by atoms with Crippen LogP contribution >= 0.6 is 0 Å². The predicted molar refractivity (Wildman–Crippen MR) is 77.1 cm³/mol. The van der Waals surface area contributed by atoms with Gasteiger partial charge in [-0.25, -0.2) is 0 Å². The highest BCUT2D eigenvalue weighted by Crippen LogP contribution is 2.22. The third-order valence-corrected chi connectivity index (χ3v) is 4.17. The normalized spacial score (nSPS) is 23.8. The van der Waals surface area contributed by atoms with Gasteiger partial charge in [0.1, 0.15) is 11.8 Å². The van der Waals surface area contributed by atoms with Gasteiger partial charge in [-0.1, -0.05) is 0 Å². The number of nitrogens with zero attached hydrogens (tertiary/aromatic N) is 4. The van der Waals surface area contributed by atoms with Crippen molar-refractivity contribution in [2.75, 3.05) is 0 Å². The molecule has 4 nitrogen and oxygen atoms in total. The number of nitriles is 1. The van der Waals surface area contributed by atoms with E-state index in [0.29, 0.717) is 17.8 Å². The van der Waals surface area contributed by atoms with Gasteiger partial charge in [0.05, 0.1) is 6.21 Å². The third kappa shape index (κ3) is 2.65. The van der Waals surface area contributed by atoms with E-state index < -0.39 is 0 Å². The molecule has 0 N–H and O–H groups in total. The molecule has 1 aromatic heterocycles. The molecule has 1 aliphatic heterocycles. The van der Waals surface area contributed by atoms with Crippen LogP contribution in [0.15, 0.2) is 11.2 Å². The second kappa shape index (κ2) is 5.48. The first kappa shape index (κ1) is 13.7. The van der Waals surface area contributed by atoms with Gasteiger partial charge in [0, 0.05) is 30.4 Å². The molecule has 0 saturated carbocycles. The lowest BCUT2D eigenvalue weighted by Crippen LogP contribution is -2.39. The molecule has 0 unspecified atom stereocenters. The number of piperidine rings is 1. The molecule has 0 spiro atoms. The van der Waals surface area contributed by atoms with Gasteiger partial charge in [-0.3, -0.25) is 5.01 Å². The van der Waals surface area contributed by atoms with Crippen molar-refractivity contribution in [2.24, 2.45) is 12.1 Å².